The molecule has 2 rings (SSSR count). The van der Waals surface area contributed by atoms with Crippen molar-refractivity contribution in [2.45, 2.75) is 13.0 Å². The van der Waals surface area contributed by atoms with E-state index in [0.29, 0.717) is 0 Å². The third-order valence-corrected chi connectivity index (χ3v) is 2.81. The minimum absolute atomic E-state index is 0.152. The number of fused-ring (bicyclic) bond motifs is 1. The first kappa shape index (κ1) is 11.7. The van der Waals surface area contributed by atoms with Gasteiger partial charge >= 0.3 is 0 Å². The van der Waals surface area contributed by atoms with Crippen molar-refractivity contribution in [2.75, 3.05) is 24.7 Å². The van der Waals surface area contributed by atoms with E-state index in [9.17, 15) is 0 Å². The van der Waals surface area contributed by atoms with Gasteiger partial charge in [-0.3, -0.25) is 4.98 Å². The van der Waals surface area contributed by atoms with Gasteiger partial charge in [-0.25, -0.2) is 0 Å². The number of methoxy groups -OCH3 is 1. The Morgan fingerprint density at radius 3 is 3.00 bits per heavy atom. The molecule has 0 bridgehead atoms. The fraction of sp³-hybridized carbons (Fsp3) is 0.308. The first-order valence-corrected chi connectivity index (χ1v) is 5.62. The van der Waals surface area contributed by atoms with Crippen LogP contribution in [0.1, 0.15) is 6.92 Å². The SMILES string of the molecule is COC(C)CNc1ccc2ncccc2c1N. The molecule has 1 atom stereocenters. The Hall–Kier alpha value is -1.81. The number of nitrogens with two attached hydrogens (primary N) is 1. The Morgan fingerprint density at radius 2 is 2.24 bits per heavy atom. The maximum Gasteiger partial charge on any atom is 0.0724 e. The van der Waals surface area contributed by atoms with Gasteiger partial charge in [0.1, 0.15) is 0 Å². The van der Waals surface area contributed by atoms with Crippen molar-refractivity contribution >= 4 is 22.3 Å². The first-order chi connectivity index (χ1) is 8.22. The second kappa shape index (κ2) is 5.01. The number of nitrogens with zero attached hydrogens (tertiary/aromatic N) is 1. The van der Waals surface area contributed by atoms with Crippen LogP contribution in [0.4, 0.5) is 11.4 Å². The Morgan fingerprint density at radius 1 is 1.41 bits per heavy atom. The van der Waals surface area contributed by atoms with Crippen LogP contribution in [0.25, 0.3) is 10.9 Å². The summed E-state index contributed by atoms with van der Waals surface area (Å²) < 4.78 is 5.18. The van der Waals surface area contributed by atoms with E-state index in [0.717, 1.165) is 28.8 Å². The number of hydrogen-bond donors (Lipinski definition) is 2. The molecule has 0 saturated carbocycles. The predicted octanol–water partition coefficient (Wildman–Crippen LogP) is 2.26. The van der Waals surface area contributed by atoms with Gasteiger partial charge in [0.05, 0.1) is 23.0 Å². The average Bonchev–Trinajstić information content (AvgIpc) is 2.38. The van der Waals surface area contributed by atoms with Gasteiger partial charge in [0.15, 0.2) is 0 Å². The number of benzene rings is 1. The van der Waals surface area contributed by atoms with Crippen LogP contribution < -0.4 is 11.1 Å². The number of ether oxygens (including phenoxy) is 1. The summed E-state index contributed by atoms with van der Waals surface area (Å²) in [5.74, 6) is 0. The molecule has 1 unspecified atom stereocenters. The van der Waals surface area contributed by atoms with Gasteiger partial charge in [-0.15, -0.1) is 0 Å². The molecule has 4 nitrogen and oxygen atoms in total. The van der Waals surface area contributed by atoms with E-state index in [1.54, 1.807) is 13.3 Å². The largest absolute Gasteiger partial charge is 0.397 e. The molecule has 2 aromatic rings. The first-order valence-electron chi connectivity index (χ1n) is 5.62. The van der Waals surface area contributed by atoms with E-state index in [-0.39, 0.29) is 6.10 Å². The molecule has 0 saturated heterocycles. The van der Waals surface area contributed by atoms with Gasteiger partial charge < -0.3 is 15.8 Å². The summed E-state index contributed by atoms with van der Waals surface area (Å²) >= 11 is 0. The number of pyridine rings is 1. The molecule has 17 heavy (non-hydrogen) atoms. The Labute approximate surface area is 101 Å². The van der Waals surface area contributed by atoms with Gasteiger partial charge in [0, 0.05) is 25.2 Å². The number of anilines is 2. The Kier molecular flexibility index (Phi) is 3.44. The lowest BCUT2D eigenvalue weighted by molar-refractivity contribution is 0.129. The lowest BCUT2D eigenvalue weighted by atomic mass is 10.1. The van der Waals surface area contributed by atoms with Crippen LogP contribution in [-0.4, -0.2) is 24.7 Å². The maximum absolute atomic E-state index is 6.10. The van der Waals surface area contributed by atoms with Crippen LogP contribution in [-0.2, 0) is 4.74 Å². The molecule has 0 fully saturated rings. The minimum atomic E-state index is 0.152. The van der Waals surface area contributed by atoms with Crippen LogP contribution in [0.3, 0.4) is 0 Å². The predicted molar refractivity (Wildman–Crippen MR) is 71.1 cm³/mol. The van der Waals surface area contributed by atoms with Crippen LogP contribution in [0.5, 0.6) is 0 Å². The zero-order chi connectivity index (χ0) is 12.3. The quantitative estimate of drug-likeness (QED) is 0.792. The summed E-state index contributed by atoms with van der Waals surface area (Å²) in [7, 11) is 1.69. The number of rotatable bonds is 4. The van der Waals surface area contributed by atoms with Crippen molar-refractivity contribution in [1.82, 2.24) is 4.98 Å². The number of nitrogens with one attached hydrogen (secondary N) is 1. The highest BCUT2D eigenvalue weighted by Crippen LogP contribution is 2.27. The average molecular weight is 231 g/mol. The summed E-state index contributed by atoms with van der Waals surface area (Å²) in [6.45, 7) is 2.73. The number of aromatic nitrogens is 1. The van der Waals surface area contributed by atoms with Crippen molar-refractivity contribution in [2.24, 2.45) is 0 Å². The lowest BCUT2D eigenvalue weighted by Gasteiger charge is -2.14. The van der Waals surface area contributed by atoms with Crippen LogP contribution in [0.15, 0.2) is 30.5 Å². The van der Waals surface area contributed by atoms with Crippen molar-refractivity contribution in [1.29, 1.82) is 0 Å². The maximum atomic E-state index is 6.10. The van der Waals surface area contributed by atoms with Crippen molar-refractivity contribution < 1.29 is 4.74 Å². The standard InChI is InChI=1S/C13H17N3O/c1-9(17-2)8-16-12-6-5-11-10(13(12)14)4-3-7-15-11/h3-7,9,16H,8,14H2,1-2H3. The zero-order valence-corrected chi connectivity index (χ0v) is 10.1. The van der Waals surface area contributed by atoms with E-state index < -0.39 is 0 Å². The van der Waals surface area contributed by atoms with Gasteiger partial charge in [0.25, 0.3) is 0 Å². The lowest BCUT2D eigenvalue weighted by Crippen LogP contribution is -2.18. The van der Waals surface area contributed by atoms with Crippen molar-refractivity contribution in [3.05, 3.63) is 30.5 Å². The van der Waals surface area contributed by atoms with E-state index in [1.165, 1.54) is 0 Å². The van der Waals surface area contributed by atoms with E-state index in [4.69, 9.17) is 10.5 Å². The van der Waals surface area contributed by atoms with Crippen LogP contribution >= 0.6 is 0 Å². The summed E-state index contributed by atoms with van der Waals surface area (Å²) in [5, 5.41) is 4.25. The fourth-order valence-corrected chi connectivity index (χ4v) is 1.67. The van der Waals surface area contributed by atoms with Crippen LogP contribution in [0.2, 0.25) is 0 Å². The normalized spacial score (nSPS) is 12.6. The second-order valence-electron chi connectivity index (χ2n) is 4.02. The topological polar surface area (TPSA) is 60.2 Å². The van der Waals surface area contributed by atoms with Crippen molar-refractivity contribution in [3.63, 3.8) is 0 Å². The molecule has 1 heterocycles. The van der Waals surface area contributed by atoms with E-state index in [2.05, 4.69) is 10.3 Å². The molecular weight excluding hydrogens is 214 g/mol. The Balaban J connectivity index is 2.26. The van der Waals surface area contributed by atoms with Gasteiger partial charge in [-0.2, -0.15) is 0 Å². The molecule has 4 heteroatoms. The van der Waals surface area contributed by atoms with Gasteiger partial charge in [-0.05, 0) is 31.2 Å². The number of hydrogen-bond acceptors (Lipinski definition) is 4. The number of nitrogen functional groups attached to an aromatic ring is 1. The summed E-state index contributed by atoms with van der Waals surface area (Å²) in [4.78, 5) is 4.26. The third kappa shape index (κ3) is 2.47. The summed E-state index contributed by atoms with van der Waals surface area (Å²) in [5.41, 5.74) is 8.68. The van der Waals surface area contributed by atoms with Gasteiger partial charge in [-0.1, -0.05) is 0 Å². The molecule has 90 valence electrons. The molecule has 1 aromatic carbocycles. The smallest absolute Gasteiger partial charge is 0.0724 e. The molecule has 0 radical (unpaired) electrons. The molecule has 0 aliphatic heterocycles. The summed E-state index contributed by atoms with van der Waals surface area (Å²) in [6.07, 6.45) is 1.92. The Bertz CT molecular complexity index is 513. The molecule has 0 spiro atoms. The fourth-order valence-electron chi connectivity index (χ4n) is 1.67. The highest BCUT2D eigenvalue weighted by Gasteiger charge is 2.05. The molecule has 0 aliphatic carbocycles. The molecule has 3 N–H and O–H groups in total. The monoisotopic (exact) mass is 231 g/mol. The van der Waals surface area contributed by atoms with Crippen LogP contribution in [0, 0.1) is 0 Å². The molecule has 0 amide bonds. The molecule has 0 aliphatic rings. The molecular formula is C13H17N3O. The zero-order valence-electron chi connectivity index (χ0n) is 10.1. The highest BCUT2D eigenvalue weighted by molar-refractivity contribution is 5.96. The summed E-state index contributed by atoms with van der Waals surface area (Å²) in [6, 6.07) is 7.78. The van der Waals surface area contributed by atoms with Gasteiger partial charge in [0.2, 0.25) is 0 Å². The second-order valence-corrected chi connectivity index (χ2v) is 4.02. The highest BCUT2D eigenvalue weighted by atomic mass is 16.5. The van der Waals surface area contributed by atoms with E-state index in [1.807, 2.05) is 31.2 Å². The van der Waals surface area contributed by atoms with Crippen molar-refractivity contribution in [3.8, 4) is 0 Å². The third-order valence-electron chi connectivity index (χ3n) is 2.81. The molecule has 1 aromatic heterocycles. The minimum Gasteiger partial charge on any atom is -0.397 e. The van der Waals surface area contributed by atoms with E-state index >= 15 is 0 Å².